The van der Waals surface area contributed by atoms with Crippen LogP contribution in [0.25, 0.3) is 0 Å². The van der Waals surface area contributed by atoms with E-state index in [9.17, 15) is 10.0 Å². The molecule has 0 saturated carbocycles. The molecular weight excluding hydrogens is 268 g/mol. The van der Waals surface area contributed by atoms with Crippen LogP contribution in [0.5, 0.6) is 5.75 Å². The molecule has 1 atom stereocenters. The Hall–Kier alpha value is -2.40. The molecule has 1 heterocycles. The Bertz CT molecular complexity index is 584. The van der Waals surface area contributed by atoms with Crippen molar-refractivity contribution in [3.05, 3.63) is 65.1 Å². The van der Waals surface area contributed by atoms with Crippen molar-refractivity contribution in [3.8, 4) is 5.75 Å². The highest BCUT2D eigenvalue weighted by Crippen LogP contribution is 2.22. The molecule has 1 unspecified atom stereocenters. The molecule has 0 bridgehead atoms. The molecule has 1 aromatic heterocycles. The van der Waals surface area contributed by atoms with E-state index in [1.807, 2.05) is 12.1 Å². The Labute approximate surface area is 123 Å². The van der Waals surface area contributed by atoms with E-state index < -0.39 is 11.9 Å². The number of hydroxylamine groups is 2. The Kier molecular flexibility index (Phi) is 4.90. The van der Waals surface area contributed by atoms with Gasteiger partial charge in [0.1, 0.15) is 12.4 Å². The second kappa shape index (κ2) is 6.85. The summed E-state index contributed by atoms with van der Waals surface area (Å²) in [6, 6.07) is 10.4. The molecule has 0 N–H and O–H groups in total. The molecule has 1 amide bonds. The van der Waals surface area contributed by atoms with Crippen LogP contribution in [0.15, 0.2) is 48.8 Å². The van der Waals surface area contributed by atoms with Crippen LogP contribution in [-0.2, 0) is 11.4 Å². The van der Waals surface area contributed by atoms with Crippen molar-refractivity contribution in [1.29, 1.82) is 0 Å². The number of rotatable bonds is 5. The van der Waals surface area contributed by atoms with Crippen molar-refractivity contribution in [2.75, 3.05) is 0 Å². The highest BCUT2D eigenvalue weighted by Gasteiger charge is 2.09. The Morgan fingerprint density at radius 3 is 2.43 bits per heavy atom. The van der Waals surface area contributed by atoms with Crippen LogP contribution >= 0.6 is 0 Å². The van der Waals surface area contributed by atoms with Crippen molar-refractivity contribution >= 4 is 5.91 Å². The van der Waals surface area contributed by atoms with E-state index in [1.165, 1.54) is 6.92 Å². The van der Waals surface area contributed by atoms with E-state index >= 15 is 0 Å². The molecule has 0 aliphatic rings. The summed E-state index contributed by atoms with van der Waals surface area (Å²) in [6.45, 7) is 3.41. The van der Waals surface area contributed by atoms with Gasteiger partial charge >= 0.3 is 0 Å². The first-order valence-electron chi connectivity index (χ1n) is 6.66. The molecule has 2 rings (SSSR count). The van der Waals surface area contributed by atoms with Gasteiger partial charge < -0.3 is 15.0 Å². The largest absolute Gasteiger partial charge is 0.756 e. The molecule has 5 nitrogen and oxygen atoms in total. The van der Waals surface area contributed by atoms with Crippen molar-refractivity contribution in [2.24, 2.45) is 0 Å². The lowest BCUT2D eigenvalue weighted by Gasteiger charge is -2.34. The fraction of sp³-hybridized carbons (Fsp3) is 0.250. The van der Waals surface area contributed by atoms with Gasteiger partial charge in [0, 0.05) is 25.4 Å². The normalized spacial score (nSPS) is 11.8. The number of hydrogen-bond donors (Lipinski definition) is 0. The molecule has 0 radical (unpaired) electrons. The van der Waals surface area contributed by atoms with Gasteiger partial charge in [0.05, 0.1) is 0 Å². The third kappa shape index (κ3) is 4.03. The van der Waals surface area contributed by atoms with E-state index in [1.54, 1.807) is 43.6 Å². The van der Waals surface area contributed by atoms with Gasteiger partial charge in [0.25, 0.3) is 0 Å². The number of ether oxygens (including phenoxy) is 1. The topological polar surface area (TPSA) is 65.5 Å². The molecule has 0 spiro atoms. The summed E-state index contributed by atoms with van der Waals surface area (Å²) in [5.74, 6) is 0.212. The minimum atomic E-state index is -0.503. The van der Waals surface area contributed by atoms with E-state index in [4.69, 9.17) is 4.74 Å². The average Bonchev–Trinajstić information content (AvgIpc) is 2.53. The number of hydrogen-bond acceptors (Lipinski definition) is 4. The van der Waals surface area contributed by atoms with Crippen LogP contribution in [-0.4, -0.2) is 16.0 Å². The molecule has 1 aromatic carbocycles. The first kappa shape index (κ1) is 15.0. The zero-order chi connectivity index (χ0) is 15.2. The highest BCUT2D eigenvalue weighted by molar-refractivity contribution is 5.74. The summed E-state index contributed by atoms with van der Waals surface area (Å²) in [5, 5.41) is 12.0. The second-order valence-corrected chi connectivity index (χ2v) is 4.73. The van der Waals surface area contributed by atoms with Crippen molar-refractivity contribution in [2.45, 2.75) is 26.5 Å². The smallest absolute Gasteiger partial charge is 0.209 e. The Balaban J connectivity index is 1.97. The molecule has 0 aliphatic carbocycles. The molecule has 21 heavy (non-hydrogen) atoms. The van der Waals surface area contributed by atoms with Gasteiger partial charge in [-0.05, 0) is 42.3 Å². The van der Waals surface area contributed by atoms with E-state index in [-0.39, 0.29) is 0 Å². The Morgan fingerprint density at radius 2 is 1.86 bits per heavy atom. The number of benzene rings is 1. The van der Waals surface area contributed by atoms with Crippen LogP contribution in [0.1, 0.15) is 31.0 Å². The molecular formula is C16H17N2O3-. The lowest BCUT2D eigenvalue weighted by molar-refractivity contribution is -0.128. The van der Waals surface area contributed by atoms with Crippen LogP contribution in [0, 0.1) is 5.21 Å². The predicted molar refractivity (Wildman–Crippen MR) is 79.3 cm³/mol. The first-order chi connectivity index (χ1) is 10.1. The van der Waals surface area contributed by atoms with Gasteiger partial charge in [-0.3, -0.25) is 9.78 Å². The average molecular weight is 285 g/mol. The van der Waals surface area contributed by atoms with Crippen molar-refractivity contribution < 1.29 is 9.53 Å². The molecule has 0 fully saturated rings. The molecule has 0 saturated heterocycles. The van der Waals surface area contributed by atoms with E-state index in [2.05, 4.69) is 4.98 Å². The third-order valence-corrected chi connectivity index (χ3v) is 3.18. The first-order valence-corrected chi connectivity index (χ1v) is 6.66. The van der Waals surface area contributed by atoms with Gasteiger partial charge in [-0.15, -0.1) is 0 Å². The summed E-state index contributed by atoms with van der Waals surface area (Å²) in [6.07, 6.45) is 3.43. The summed E-state index contributed by atoms with van der Waals surface area (Å²) in [7, 11) is 0. The minimum absolute atomic E-state index is 0.457. The minimum Gasteiger partial charge on any atom is -0.756 e. The summed E-state index contributed by atoms with van der Waals surface area (Å²) in [4.78, 5) is 15.0. The maximum Gasteiger partial charge on any atom is 0.209 e. The molecule has 0 aliphatic heterocycles. The zero-order valence-electron chi connectivity index (χ0n) is 12.0. The van der Waals surface area contributed by atoms with Gasteiger partial charge in [-0.2, -0.15) is 0 Å². The Morgan fingerprint density at radius 1 is 1.24 bits per heavy atom. The number of aromatic nitrogens is 1. The maximum absolute atomic E-state index is 11.6. The van der Waals surface area contributed by atoms with Crippen LogP contribution in [0.2, 0.25) is 0 Å². The monoisotopic (exact) mass is 285 g/mol. The number of carbonyl (C=O) groups excluding carboxylic acids is 1. The van der Waals surface area contributed by atoms with Crippen LogP contribution in [0.3, 0.4) is 0 Å². The van der Waals surface area contributed by atoms with Gasteiger partial charge in [0.2, 0.25) is 5.91 Å². The van der Waals surface area contributed by atoms with Gasteiger partial charge in [-0.1, -0.05) is 12.1 Å². The standard InChI is InChI=1S/C16H17N2O3/c1-12(18(20)13(2)19)15-3-5-16(6-4-15)21-11-14-7-9-17-10-8-14/h3-10,12H,11H2,1-2H3/q-1. The summed E-state index contributed by atoms with van der Waals surface area (Å²) in [5.41, 5.74) is 1.81. The van der Waals surface area contributed by atoms with Crippen molar-refractivity contribution in [3.63, 3.8) is 0 Å². The highest BCUT2D eigenvalue weighted by atomic mass is 16.5. The maximum atomic E-state index is 11.6. The predicted octanol–water partition coefficient (Wildman–Crippen LogP) is 3.07. The summed E-state index contributed by atoms with van der Waals surface area (Å²) < 4.78 is 5.65. The number of amides is 1. The van der Waals surface area contributed by atoms with E-state index in [0.29, 0.717) is 17.4 Å². The third-order valence-electron chi connectivity index (χ3n) is 3.18. The quantitative estimate of drug-likeness (QED) is 0.792. The molecule has 110 valence electrons. The summed E-state index contributed by atoms with van der Waals surface area (Å²) >= 11 is 0. The van der Waals surface area contributed by atoms with E-state index in [0.717, 1.165) is 11.1 Å². The molecule has 2 aromatic rings. The lowest BCUT2D eigenvalue weighted by atomic mass is 10.1. The van der Waals surface area contributed by atoms with Crippen LogP contribution < -0.4 is 4.74 Å². The van der Waals surface area contributed by atoms with Gasteiger partial charge in [0.15, 0.2) is 0 Å². The lowest BCUT2D eigenvalue weighted by Crippen LogP contribution is -2.25. The number of nitrogens with zero attached hydrogens (tertiary/aromatic N) is 2. The van der Waals surface area contributed by atoms with Gasteiger partial charge in [-0.25, -0.2) is 0 Å². The fourth-order valence-corrected chi connectivity index (χ4v) is 1.90. The SMILES string of the molecule is CC(=O)N([O-])C(C)c1ccc(OCc2ccncc2)cc1. The zero-order valence-corrected chi connectivity index (χ0v) is 12.0. The molecule has 5 heteroatoms. The van der Waals surface area contributed by atoms with Crippen molar-refractivity contribution in [1.82, 2.24) is 10.0 Å². The number of pyridine rings is 1. The van der Waals surface area contributed by atoms with Crippen LogP contribution in [0.4, 0.5) is 0 Å². The fourth-order valence-electron chi connectivity index (χ4n) is 1.90. The second-order valence-electron chi connectivity index (χ2n) is 4.73. The number of carbonyl (C=O) groups is 1.